The second-order valence-electron chi connectivity index (χ2n) is 5.27. The van der Waals surface area contributed by atoms with Crippen molar-refractivity contribution in [1.29, 1.82) is 0 Å². The van der Waals surface area contributed by atoms with Gasteiger partial charge < -0.3 is 14.8 Å². The second-order valence-corrected chi connectivity index (χ2v) is 5.27. The van der Waals surface area contributed by atoms with Crippen molar-refractivity contribution in [3.63, 3.8) is 0 Å². The highest BCUT2D eigenvalue weighted by Gasteiger charge is 2.15. The summed E-state index contributed by atoms with van der Waals surface area (Å²) in [6, 6.07) is 8.37. The van der Waals surface area contributed by atoms with Crippen molar-refractivity contribution in [3.05, 3.63) is 29.8 Å². The van der Waals surface area contributed by atoms with Crippen LogP contribution in [0.25, 0.3) is 0 Å². The fourth-order valence-corrected chi connectivity index (χ4v) is 1.64. The Morgan fingerprint density at radius 2 is 1.78 bits per heavy atom. The molecule has 1 N–H and O–H groups in total. The first-order chi connectivity index (χ1) is 8.46. The molecule has 102 valence electrons. The van der Waals surface area contributed by atoms with Gasteiger partial charge in [0.15, 0.2) is 0 Å². The summed E-state index contributed by atoms with van der Waals surface area (Å²) in [4.78, 5) is 0. The molecule has 0 radical (unpaired) electrons. The largest absolute Gasteiger partial charge is 0.494 e. The standard InChI is InChI=1S/C15H25NO2/c1-6-17-13-9-7-12(8-10-13)14(16-5)11-18-15(2,3)4/h7-10,14,16H,6,11H2,1-5H3. The number of likely N-dealkylation sites (N-methyl/N-ethyl adjacent to an activating group) is 1. The third-order valence-corrected chi connectivity index (χ3v) is 2.62. The molecule has 0 aliphatic carbocycles. The van der Waals surface area contributed by atoms with Gasteiger partial charge in [-0.2, -0.15) is 0 Å². The third-order valence-electron chi connectivity index (χ3n) is 2.62. The minimum Gasteiger partial charge on any atom is -0.494 e. The van der Waals surface area contributed by atoms with Crippen LogP contribution in [-0.4, -0.2) is 25.9 Å². The molecular weight excluding hydrogens is 226 g/mol. The molecule has 0 aromatic heterocycles. The van der Waals surface area contributed by atoms with Crippen molar-refractivity contribution in [2.45, 2.75) is 39.3 Å². The van der Waals surface area contributed by atoms with Gasteiger partial charge in [0.05, 0.1) is 24.9 Å². The Balaban J connectivity index is 2.64. The molecule has 18 heavy (non-hydrogen) atoms. The number of hydrogen-bond acceptors (Lipinski definition) is 3. The summed E-state index contributed by atoms with van der Waals surface area (Å²) in [5.41, 5.74) is 1.10. The smallest absolute Gasteiger partial charge is 0.119 e. The molecule has 1 aromatic carbocycles. The zero-order chi connectivity index (χ0) is 13.6. The van der Waals surface area contributed by atoms with Crippen LogP contribution in [0.1, 0.15) is 39.3 Å². The maximum atomic E-state index is 5.82. The summed E-state index contributed by atoms with van der Waals surface area (Å²) in [5.74, 6) is 0.910. The molecule has 0 saturated heterocycles. The van der Waals surface area contributed by atoms with Gasteiger partial charge in [-0.1, -0.05) is 12.1 Å². The van der Waals surface area contributed by atoms with Crippen LogP contribution < -0.4 is 10.1 Å². The molecule has 1 unspecified atom stereocenters. The molecule has 0 fully saturated rings. The van der Waals surface area contributed by atoms with Crippen LogP contribution in [0.5, 0.6) is 5.75 Å². The maximum absolute atomic E-state index is 5.82. The summed E-state index contributed by atoms with van der Waals surface area (Å²) >= 11 is 0. The van der Waals surface area contributed by atoms with E-state index in [9.17, 15) is 0 Å². The van der Waals surface area contributed by atoms with Crippen LogP contribution in [0, 0.1) is 0 Å². The Morgan fingerprint density at radius 1 is 1.17 bits per heavy atom. The van der Waals surface area contributed by atoms with Gasteiger partial charge in [-0.05, 0) is 52.4 Å². The monoisotopic (exact) mass is 251 g/mol. The number of rotatable bonds is 6. The van der Waals surface area contributed by atoms with Crippen molar-refractivity contribution >= 4 is 0 Å². The second kappa shape index (κ2) is 6.76. The Labute approximate surface area is 110 Å². The van der Waals surface area contributed by atoms with E-state index in [1.807, 2.05) is 26.1 Å². The molecule has 0 bridgehead atoms. The van der Waals surface area contributed by atoms with E-state index in [2.05, 4.69) is 38.2 Å². The topological polar surface area (TPSA) is 30.5 Å². The fraction of sp³-hybridized carbons (Fsp3) is 0.600. The number of hydrogen-bond donors (Lipinski definition) is 1. The average Bonchev–Trinajstić information content (AvgIpc) is 2.31. The summed E-state index contributed by atoms with van der Waals surface area (Å²) < 4.78 is 11.3. The molecule has 0 aliphatic rings. The highest BCUT2D eigenvalue weighted by atomic mass is 16.5. The highest BCUT2D eigenvalue weighted by Crippen LogP contribution is 2.20. The van der Waals surface area contributed by atoms with E-state index in [1.165, 1.54) is 5.56 Å². The van der Waals surface area contributed by atoms with E-state index in [1.54, 1.807) is 0 Å². The van der Waals surface area contributed by atoms with E-state index in [0.717, 1.165) is 5.75 Å². The van der Waals surface area contributed by atoms with Crippen molar-refractivity contribution in [3.8, 4) is 5.75 Å². The van der Waals surface area contributed by atoms with Gasteiger partial charge in [0.1, 0.15) is 5.75 Å². The SMILES string of the molecule is CCOc1ccc(C(COC(C)(C)C)NC)cc1. The van der Waals surface area contributed by atoms with Crippen molar-refractivity contribution < 1.29 is 9.47 Å². The van der Waals surface area contributed by atoms with Crippen molar-refractivity contribution in [2.24, 2.45) is 0 Å². The average molecular weight is 251 g/mol. The number of benzene rings is 1. The van der Waals surface area contributed by atoms with Gasteiger partial charge in [-0.15, -0.1) is 0 Å². The van der Waals surface area contributed by atoms with Crippen LogP contribution in [0.3, 0.4) is 0 Å². The van der Waals surface area contributed by atoms with Gasteiger partial charge in [-0.3, -0.25) is 0 Å². The molecule has 0 aliphatic heterocycles. The number of nitrogens with one attached hydrogen (secondary N) is 1. The van der Waals surface area contributed by atoms with Gasteiger partial charge in [0, 0.05) is 0 Å². The first-order valence-electron chi connectivity index (χ1n) is 6.50. The molecule has 3 nitrogen and oxygen atoms in total. The van der Waals surface area contributed by atoms with Gasteiger partial charge >= 0.3 is 0 Å². The lowest BCUT2D eigenvalue weighted by Gasteiger charge is -2.24. The van der Waals surface area contributed by atoms with Crippen LogP contribution in [0.15, 0.2) is 24.3 Å². The summed E-state index contributed by atoms with van der Waals surface area (Å²) in [6.45, 7) is 9.55. The summed E-state index contributed by atoms with van der Waals surface area (Å²) in [7, 11) is 1.95. The van der Waals surface area contributed by atoms with E-state index >= 15 is 0 Å². The predicted octanol–water partition coefficient (Wildman–Crippen LogP) is 3.16. The lowest BCUT2D eigenvalue weighted by molar-refractivity contribution is -0.0139. The van der Waals surface area contributed by atoms with E-state index in [0.29, 0.717) is 13.2 Å². The predicted molar refractivity (Wildman–Crippen MR) is 75.1 cm³/mol. The van der Waals surface area contributed by atoms with Crippen molar-refractivity contribution in [1.82, 2.24) is 5.32 Å². The van der Waals surface area contributed by atoms with Crippen LogP contribution in [-0.2, 0) is 4.74 Å². The highest BCUT2D eigenvalue weighted by molar-refractivity contribution is 5.29. The van der Waals surface area contributed by atoms with Gasteiger partial charge in [-0.25, -0.2) is 0 Å². The zero-order valence-corrected chi connectivity index (χ0v) is 12.1. The van der Waals surface area contributed by atoms with E-state index in [4.69, 9.17) is 9.47 Å². The first kappa shape index (κ1) is 15.0. The Bertz CT molecular complexity index is 341. The Kier molecular flexibility index (Phi) is 5.63. The van der Waals surface area contributed by atoms with Crippen molar-refractivity contribution in [2.75, 3.05) is 20.3 Å². The molecule has 0 amide bonds. The van der Waals surface area contributed by atoms with Crippen LogP contribution >= 0.6 is 0 Å². The minimum absolute atomic E-state index is 0.111. The maximum Gasteiger partial charge on any atom is 0.119 e. The molecule has 3 heteroatoms. The van der Waals surface area contributed by atoms with Crippen LogP contribution in [0.2, 0.25) is 0 Å². The minimum atomic E-state index is -0.111. The first-order valence-corrected chi connectivity index (χ1v) is 6.50. The van der Waals surface area contributed by atoms with Gasteiger partial charge in [0.25, 0.3) is 0 Å². The molecular formula is C15H25NO2. The third kappa shape index (κ3) is 5.07. The lowest BCUT2D eigenvalue weighted by Crippen LogP contribution is -2.28. The Hall–Kier alpha value is -1.06. The normalized spacial score (nSPS) is 13.4. The van der Waals surface area contributed by atoms with E-state index < -0.39 is 0 Å². The summed E-state index contributed by atoms with van der Waals surface area (Å²) in [6.07, 6.45) is 0. The molecule has 1 aromatic rings. The summed E-state index contributed by atoms with van der Waals surface area (Å²) in [5, 5.41) is 3.28. The quantitative estimate of drug-likeness (QED) is 0.842. The molecule has 0 saturated carbocycles. The van der Waals surface area contributed by atoms with E-state index in [-0.39, 0.29) is 11.6 Å². The zero-order valence-electron chi connectivity index (χ0n) is 12.1. The molecule has 0 spiro atoms. The Morgan fingerprint density at radius 3 is 2.22 bits per heavy atom. The number of ether oxygens (including phenoxy) is 2. The fourth-order valence-electron chi connectivity index (χ4n) is 1.64. The van der Waals surface area contributed by atoms with Crippen LogP contribution in [0.4, 0.5) is 0 Å². The van der Waals surface area contributed by atoms with Gasteiger partial charge in [0.2, 0.25) is 0 Å². The molecule has 1 rings (SSSR count). The molecule has 1 atom stereocenters. The molecule has 0 heterocycles. The lowest BCUT2D eigenvalue weighted by atomic mass is 10.1.